The Labute approximate surface area is 248 Å². The average molecular weight is 628 g/mol. The van der Waals surface area contributed by atoms with Crippen molar-refractivity contribution in [3.8, 4) is 5.75 Å². The summed E-state index contributed by atoms with van der Waals surface area (Å²) in [7, 11) is 1.50. The highest BCUT2D eigenvalue weighted by Gasteiger charge is 2.63. The van der Waals surface area contributed by atoms with Gasteiger partial charge in [-0.3, -0.25) is 29.3 Å². The van der Waals surface area contributed by atoms with Crippen LogP contribution < -0.4 is 9.64 Å². The topological polar surface area (TPSA) is 127 Å². The van der Waals surface area contributed by atoms with Crippen molar-refractivity contribution < 1.29 is 28.8 Å². The number of non-ortho nitro benzene ring substituents is 1. The van der Waals surface area contributed by atoms with Crippen molar-refractivity contribution in [2.75, 3.05) is 12.0 Å². The Bertz CT molecular complexity index is 1720. The van der Waals surface area contributed by atoms with Gasteiger partial charge < -0.3 is 9.64 Å². The predicted octanol–water partition coefficient (Wildman–Crippen LogP) is 4.74. The van der Waals surface area contributed by atoms with E-state index in [1.54, 1.807) is 71.8 Å². The van der Waals surface area contributed by atoms with Gasteiger partial charge in [-0.1, -0.05) is 36.4 Å². The van der Waals surface area contributed by atoms with Crippen LogP contribution in [-0.2, 0) is 9.59 Å². The molecule has 0 spiro atoms. The highest BCUT2D eigenvalue weighted by Crippen LogP contribution is 2.47. The Morgan fingerprint density at radius 1 is 0.929 bits per heavy atom. The van der Waals surface area contributed by atoms with E-state index in [0.29, 0.717) is 26.9 Å². The van der Waals surface area contributed by atoms with Crippen LogP contribution >= 0.6 is 15.9 Å². The molecule has 0 aromatic heterocycles. The van der Waals surface area contributed by atoms with Gasteiger partial charge >= 0.3 is 0 Å². The molecule has 0 bridgehead atoms. The highest BCUT2D eigenvalue weighted by atomic mass is 79.9. The third-order valence-electron chi connectivity index (χ3n) is 7.87. The molecule has 3 aromatic carbocycles. The van der Waals surface area contributed by atoms with Crippen LogP contribution in [0.25, 0.3) is 0 Å². The number of anilines is 1. The van der Waals surface area contributed by atoms with Crippen LogP contribution in [0.3, 0.4) is 0 Å². The fourth-order valence-corrected chi connectivity index (χ4v) is 6.46. The first-order valence-electron chi connectivity index (χ1n) is 13.0. The minimum atomic E-state index is -1.06. The number of imide groups is 1. The fourth-order valence-electron chi connectivity index (χ4n) is 5.92. The quantitative estimate of drug-likeness (QED) is 0.159. The van der Waals surface area contributed by atoms with Gasteiger partial charge in [0.2, 0.25) is 11.8 Å². The second kappa shape index (κ2) is 10.5. The molecule has 3 aliphatic rings. The number of allylic oxidation sites excluding steroid dienone is 2. The molecular formula is C31H22BrN3O7. The highest BCUT2D eigenvalue weighted by molar-refractivity contribution is 9.10. The number of carbonyl (C=O) groups is 4. The van der Waals surface area contributed by atoms with Crippen LogP contribution in [0.15, 0.2) is 101 Å². The number of carbonyl (C=O) groups excluding carboxylic acids is 4. The largest absolute Gasteiger partial charge is 0.496 e. The van der Waals surface area contributed by atoms with E-state index in [1.165, 1.54) is 31.4 Å². The third-order valence-corrected chi connectivity index (χ3v) is 8.49. The minimum absolute atomic E-state index is 0.172. The second-order valence-electron chi connectivity index (χ2n) is 10.1. The van der Waals surface area contributed by atoms with Gasteiger partial charge in [0.25, 0.3) is 5.69 Å². The number of rotatable bonds is 7. The van der Waals surface area contributed by atoms with Crippen molar-refractivity contribution in [2.45, 2.75) is 12.1 Å². The summed E-state index contributed by atoms with van der Waals surface area (Å²) in [5.74, 6) is -3.26. The zero-order valence-corrected chi connectivity index (χ0v) is 23.6. The van der Waals surface area contributed by atoms with E-state index < -0.39 is 40.7 Å². The predicted molar refractivity (Wildman–Crippen MR) is 155 cm³/mol. The van der Waals surface area contributed by atoms with Crippen molar-refractivity contribution in [1.82, 2.24) is 4.90 Å². The van der Waals surface area contributed by atoms with Gasteiger partial charge in [0.05, 0.1) is 40.1 Å². The summed E-state index contributed by atoms with van der Waals surface area (Å²) in [6, 6.07) is 16.8. The smallest absolute Gasteiger partial charge is 0.269 e. The van der Waals surface area contributed by atoms with E-state index in [4.69, 9.17) is 4.74 Å². The zero-order chi connectivity index (χ0) is 29.7. The van der Waals surface area contributed by atoms with Gasteiger partial charge in [-0.15, -0.1) is 0 Å². The number of methoxy groups -OCH3 is 1. The van der Waals surface area contributed by atoms with Crippen LogP contribution in [0, 0.1) is 22.0 Å². The van der Waals surface area contributed by atoms with Crippen molar-refractivity contribution in [3.05, 3.63) is 122 Å². The number of halogens is 1. The molecule has 4 atom stereocenters. The van der Waals surface area contributed by atoms with Gasteiger partial charge in [-0.25, -0.2) is 4.90 Å². The molecule has 0 unspecified atom stereocenters. The van der Waals surface area contributed by atoms with Crippen molar-refractivity contribution in [1.29, 1.82) is 0 Å². The number of nitro groups is 1. The number of hydrogen-bond donors (Lipinski definition) is 0. The van der Waals surface area contributed by atoms with E-state index in [1.807, 2.05) is 0 Å². The SMILES string of the molecule is COc1ccc(C(=O)[C@H]2[C@H]3C(=O)N(c4ccc([N+](=O)[O-])cc4)C(=O)[C@@H]3[C@H]3C=C(C(=O)c4ccccc4)C=CN32)cc1Br. The van der Waals surface area contributed by atoms with Gasteiger partial charge in [0.1, 0.15) is 11.8 Å². The van der Waals surface area contributed by atoms with Crippen LogP contribution in [0.5, 0.6) is 5.75 Å². The summed E-state index contributed by atoms with van der Waals surface area (Å²) < 4.78 is 5.83. The molecule has 11 heteroatoms. The Balaban J connectivity index is 1.42. The number of ether oxygens (including phenoxy) is 1. The number of benzene rings is 3. The van der Waals surface area contributed by atoms with Crippen LogP contribution in [0.1, 0.15) is 20.7 Å². The molecule has 6 rings (SSSR count). The summed E-state index contributed by atoms with van der Waals surface area (Å²) >= 11 is 3.40. The molecule has 0 N–H and O–H groups in total. The van der Waals surface area contributed by atoms with Gasteiger partial charge in [-0.2, -0.15) is 0 Å². The number of nitro benzene ring substituents is 1. The van der Waals surface area contributed by atoms with Gasteiger partial charge in [0.15, 0.2) is 11.6 Å². The number of hydrogen-bond acceptors (Lipinski definition) is 8. The molecule has 3 heterocycles. The van der Waals surface area contributed by atoms with Crippen molar-refractivity contribution in [3.63, 3.8) is 0 Å². The Kier molecular flexibility index (Phi) is 6.82. The summed E-state index contributed by atoms with van der Waals surface area (Å²) in [5, 5.41) is 11.1. The Hall–Kier alpha value is -4.90. The van der Waals surface area contributed by atoms with Crippen LogP contribution in [-0.4, -0.2) is 52.4 Å². The molecule has 10 nitrogen and oxygen atoms in total. The van der Waals surface area contributed by atoms with E-state index in [0.717, 1.165) is 4.90 Å². The number of ketones is 2. The molecule has 0 radical (unpaired) electrons. The third kappa shape index (κ3) is 4.33. The molecule has 42 heavy (non-hydrogen) atoms. The summed E-state index contributed by atoms with van der Waals surface area (Å²) in [5.41, 5.74) is 1.10. The number of amides is 2. The lowest BCUT2D eigenvalue weighted by Crippen LogP contribution is -2.46. The van der Waals surface area contributed by atoms with E-state index in [9.17, 15) is 29.3 Å². The number of nitrogens with zero attached hydrogens (tertiary/aromatic N) is 3. The maximum absolute atomic E-state index is 14.1. The van der Waals surface area contributed by atoms with E-state index in [-0.39, 0.29) is 22.9 Å². The lowest BCUT2D eigenvalue weighted by atomic mass is 9.85. The maximum atomic E-state index is 14.1. The molecule has 2 amide bonds. The summed E-state index contributed by atoms with van der Waals surface area (Å²) in [6.07, 6.45) is 4.85. The number of fused-ring (bicyclic) bond motifs is 3. The average Bonchev–Trinajstić information content (AvgIpc) is 3.48. The maximum Gasteiger partial charge on any atom is 0.269 e. The Morgan fingerprint density at radius 3 is 2.26 bits per heavy atom. The first-order valence-corrected chi connectivity index (χ1v) is 13.8. The van der Waals surface area contributed by atoms with E-state index >= 15 is 0 Å². The van der Waals surface area contributed by atoms with Gasteiger partial charge in [-0.05, 0) is 52.3 Å². The van der Waals surface area contributed by atoms with Crippen molar-refractivity contribution >= 4 is 50.7 Å². The molecule has 3 aromatic rings. The molecule has 2 saturated heterocycles. The first kappa shape index (κ1) is 27.3. The zero-order valence-electron chi connectivity index (χ0n) is 22.0. The molecular weight excluding hydrogens is 606 g/mol. The monoisotopic (exact) mass is 627 g/mol. The van der Waals surface area contributed by atoms with Crippen molar-refractivity contribution in [2.24, 2.45) is 11.8 Å². The standard InChI is InChI=1S/C31H22BrN3O7/c1-42-24-12-7-18(15-22(24)32)29(37)27-26-25(30(38)34(31(26)39)20-8-10-21(11-9-20)35(40)41)23-16-19(13-14-33(23)27)28(36)17-5-3-2-4-6-17/h2-16,23,25-27H,1H3/t23-,25-,26+,27-/m1/s1. The lowest BCUT2D eigenvalue weighted by Gasteiger charge is -2.32. The summed E-state index contributed by atoms with van der Waals surface area (Å²) in [6.45, 7) is 0. The normalized spacial score (nSPS) is 22.5. The van der Waals surface area contributed by atoms with Crippen LogP contribution in [0.4, 0.5) is 11.4 Å². The lowest BCUT2D eigenvalue weighted by molar-refractivity contribution is -0.384. The Morgan fingerprint density at radius 2 is 1.62 bits per heavy atom. The molecule has 2 fully saturated rings. The van der Waals surface area contributed by atoms with E-state index in [2.05, 4.69) is 15.9 Å². The fraction of sp³-hybridized carbons (Fsp3) is 0.161. The first-order chi connectivity index (χ1) is 20.2. The molecule has 0 aliphatic carbocycles. The summed E-state index contributed by atoms with van der Waals surface area (Å²) in [4.78, 5) is 68.5. The molecule has 3 aliphatic heterocycles. The number of Topliss-reactive ketones (excluding diaryl/α,β-unsaturated/α-hetero) is 2. The second-order valence-corrected chi connectivity index (χ2v) is 10.9. The van der Waals surface area contributed by atoms with Crippen LogP contribution in [0.2, 0.25) is 0 Å². The molecule has 0 saturated carbocycles. The molecule has 210 valence electrons. The minimum Gasteiger partial charge on any atom is -0.496 e. The van der Waals surface area contributed by atoms with Gasteiger partial charge in [0, 0.05) is 35.0 Å².